The third-order valence-corrected chi connectivity index (χ3v) is 2.16. The maximum Gasteiger partial charge on any atom is 0.315 e. The average Bonchev–Trinajstić information content (AvgIpc) is 2.14. The molecular weight excluding hydrogens is 198 g/mol. The van der Waals surface area contributed by atoms with Gasteiger partial charge in [0.1, 0.15) is 0 Å². The van der Waals surface area contributed by atoms with E-state index in [1.165, 1.54) is 0 Å². The molecule has 1 atom stereocenters. The Morgan fingerprint density at radius 3 is 2.57 bits per heavy atom. The predicted molar refractivity (Wildman–Crippen MR) is 62.3 cm³/mol. The van der Waals surface area contributed by atoms with Crippen molar-refractivity contribution in [2.45, 2.75) is 39.2 Å². The highest BCUT2D eigenvalue weighted by Gasteiger charge is 2.11. The molecule has 1 unspecified atom stereocenters. The van der Waals surface area contributed by atoms with Crippen LogP contribution in [-0.2, 0) is 0 Å². The topological polar surface area (TPSA) is 67.2 Å². The molecular formula is C9H19N3OS. The molecule has 0 saturated heterocycles. The van der Waals surface area contributed by atoms with Gasteiger partial charge in [-0.2, -0.15) is 0 Å². The van der Waals surface area contributed by atoms with E-state index in [0.29, 0.717) is 11.5 Å². The van der Waals surface area contributed by atoms with Crippen molar-refractivity contribution < 1.29 is 4.79 Å². The monoisotopic (exact) mass is 217 g/mol. The van der Waals surface area contributed by atoms with Crippen LogP contribution < -0.4 is 16.4 Å². The number of hydrogen-bond donors (Lipinski definition) is 3. The number of nitrogens with one attached hydrogen (secondary N) is 2. The van der Waals surface area contributed by atoms with E-state index >= 15 is 0 Å². The molecule has 0 aromatic heterocycles. The van der Waals surface area contributed by atoms with Crippen molar-refractivity contribution in [3.8, 4) is 0 Å². The summed E-state index contributed by atoms with van der Waals surface area (Å²) in [4.78, 5) is 11.6. The standard InChI is InChI=1S/C9H19N3OS/c1-3-5-6-11-9(13)12-7(4-2)8(10)14/h7H,3-6H2,1-2H3,(H2,10,14)(H2,11,12,13). The summed E-state index contributed by atoms with van der Waals surface area (Å²) in [6.45, 7) is 4.69. The molecule has 0 heterocycles. The molecule has 82 valence electrons. The molecule has 0 fully saturated rings. The van der Waals surface area contributed by atoms with Gasteiger partial charge in [-0.25, -0.2) is 4.79 Å². The molecule has 0 spiro atoms. The van der Waals surface area contributed by atoms with Gasteiger partial charge < -0.3 is 16.4 Å². The summed E-state index contributed by atoms with van der Waals surface area (Å²) in [5, 5.41) is 5.45. The Morgan fingerprint density at radius 1 is 1.50 bits per heavy atom. The van der Waals surface area contributed by atoms with Crippen LogP contribution in [0, 0.1) is 0 Å². The smallest absolute Gasteiger partial charge is 0.315 e. The Hall–Kier alpha value is -0.840. The SMILES string of the molecule is CCCCNC(=O)NC(CC)C(N)=S. The van der Waals surface area contributed by atoms with Crippen LogP contribution in [0.3, 0.4) is 0 Å². The van der Waals surface area contributed by atoms with Crippen LogP contribution in [-0.4, -0.2) is 23.6 Å². The number of carbonyl (C=O) groups is 1. The van der Waals surface area contributed by atoms with Crippen LogP contribution >= 0.6 is 12.2 Å². The minimum Gasteiger partial charge on any atom is -0.392 e. The van der Waals surface area contributed by atoms with Gasteiger partial charge in [0.15, 0.2) is 0 Å². The van der Waals surface area contributed by atoms with Gasteiger partial charge in [0.25, 0.3) is 0 Å². The summed E-state index contributed by atoms with van der Waals surface area (Å²) < 4.78 is 0. The van der Waals surface area contributed by atoms with Crippen LogP contribution in [0.15, 0.2) is 0 Å². The number of nitrogens with two attached hydrogens (primary N) is 1. The normalized spacial score (nSPS) is 11.9. The van der Waals surface area contributed by atoms with E-state index in [-0.39, 0.29) is 12.1 Å². The van der Waals surface area contributed by atoms with Crippen molar-refractivity contribution in [3.05, 3.63) is 0 Å². The molecule has 4 N–H and O–H groups in total. The Bertz CT molecular complexity index is 196. The highest BCUT2D eigenvalue weighted by molar-refractivity contribution is 7.80. The summed E-state index contributed by atoms with van der Waals surface area (Å²) in [5.74, 6) is 0. The molecule has 0 aliphatic heterocycles. The summed E-state index contributed by atoms with van der Waals surface area (Å²) in [5.41, 5.74) is 5.44. The van der Waals surface area contributed by atoms with Crippen LogP contribution in [0.5, 0.6) is 0 Å². The third-order valence-electron chi connectivity index (χ3n) is 1.87. The molecule has 0 aromatic carbocycles. The first-order valence-corrected chi connectivity index (χ1v) is 5.36. The first-order chi connectivity index (χ1) is 6.61. The van der Waals surface area contributed by atoms with E-state index in [0.717, 1.165) is 19.3 Å². The van der Waals surface area contributed by atoms with E-state index in [1.807, 2.05) is 6.92 Å². The van der Waals surface area contributed by atoms with E-state index in [9.17, 15) is 4.79 Å². The first kappa shape index (κ1) is 13.2. The highest BCUT2D eigenvalue weighted by atomic mass is 32.1. The second-order valence-electron chi connectivity index (χ2n) is 3.12. The fraction of sp³-hybridized carbons (Fsp3) is 0.778. The van der Waals surface area contributed by atoms with Crippen LogP contribution in [0.4, 0.5) is 4.79 Å². The van der Waals surface area contributed by atoms with Crippen molar-refractivity contribution in [2.24, 2.45) is 5.73 Å². The molecule has 14 heavy (non-hydrogen) atoms. The van der Waals surface area contributed by atoms with Crippen molar-refractivity contribution in [1.29, 1.82) is 0 Å². The average molecular weight is 217 g/mol. The number of thiocarbonyl (C=S) groups is 1. The minimum absolute atomic E-state index is 0.196. The third kappa shape index (κ3) is 5.75. The van der Waals surface area contributed by atoms with Gasteiger partial charge in [-0.1, -0.05) is 32.5 Å². The zero-order valence-electron chi connectivity index (χ0n) is 8.80. The van der Waals surface area contributed by atoms with E-state index < -0.39 is 0 Å². The molecule has 4 nitrogen and oxygen atoms in total. The molecule has 0 rings (SSSR count). The molecule has 0 aliphatic rings. The molecule has 0 bridgehead atoms. The van der Waals surface area contributed by atoms with Gasteiger partial charge in [0.2, 0.25) is 0 Å². The maximum atomic E-state index is 11.3. The van der Waals surface area contributed by atoms with E-state index in [2.05, 4.69) is 17.6 Å². The van der Waals surface area contributed by atoms with Crippen LogP contribution in [0.2, 0.25) is 0 Å². The summed E-state index contributed by atoms with van der Waals surface area (Å²) in [6, 6.07) is -0.398. The molecule has 0 saturated carbocycles. The van der Waals surface area contributed by atoms with Crippen LogP contribution in [0.25, 0.3) is 0 Å². The maximum absolute atomic E-state index is 11.3. The number of hydrogen-bond acceptors (Lipinski definition) is 2. The van der Waals surface area contributed by atoms with Crippen LogP contribution in [0.1, 0.15) is 33.1 Å². The predicted octanol–water partition coefficient (Wildman–Crippen LogP) is 1.15. The van der Waals surface area contributed by atoms with Gasteiger partial charge in [-0.3, -0.25) is 0 Å². The lowest BCUT2D eigenvalue weighted by atomic mass is 10.2. The van der Waals surface area contributed by atoms with E-state index in [4.69, 9.17) is 18.0 Å². The van der Waals surface area contributed by atoms with Gasteiger partial charge in [-0.15, -0.1) is 0 Å². The largest absolute Gasteiger partial charge is 0.392 e. The molecule has 0 aliphatic carbocycles. The minimum atomic E-state index is -0.202. The summed E-state index contributed by atoms with van der Waals surface area (Å²) in [7, 11) is 0. The fourth-order valence-electron chi connectivity index (χ4n) is 0.962. The van der Waals surface area contributed by atoms with Gasteiger partial charge in [0, 0.05) is 6.54 Å². The van der Waals surface area contributed by atoms with Gasteiger partial charge in [0.05, 0.1) is 11.0 Å². The van der Waals surface area contributed by atoms with Crippen molar-refractivity contribution in [1.82, 2.24) is 10.6 Å². The Kier molecular flexibility index (Phi) is 7.10. The fourth-order valence-corrected chi connectivity index (χ4v) is 1.19. The second kappa shape index (κ2) is 7.55. The van der Waals surface area contributed by atoms with Crippen molar-refractivity contribution in [3.63, 3.8) is 0 Å². The molecule has 0 radical (unpaired) electrons. The number of unbranched alkanes of at least 4 members (excludes halogenated alkanes) is 1. The number of urea groups is 1. The zero-order chi connectivity index (χ0) is 11.0. The molecule has 5 heteroatoms. The number of rotatable bonds is 6. The second-order valence-corrected chi connectivity index (χ2v) is 3.59. The Labute approximate surface area is 90.6 Å². The van der Waals surface area contributed by atoms with E-state index in [1.54, 1.807) is 0 Å². The summed E-state index contributed by atoms with van der Waals surface area (Å²) >= 11 is 4.81. The van der Waals surface area contributed by atoms with Crippen molar-refractivity contribution in [2.75, 3.05) is 6.54 Å². The van der Waals surface area contributed by atoms with Gasteiger partial charge in [-0.05, 0) is 12.8 Å². The lowest BCUT2D eigenvalue weighted by Crippen LogP contribution is -2.47. The number of carbonyl (C=O) groups excluding carboxylic acids is 1. The zero-order valence-corrected chi connectivity index (χ0v) is 9.62. The summed E-state index contributed by atoms with van der Waals surface area (Å²) in [6.07, 6.45) is 2.76. The van der Waals surface area contributed by atoms with Gasteiger partial charge >= 0.3 is 6.03 Å². The van der Waals surface area contributed by atoms with Crippen molar-refractivity contribution >= 4 is 23.2 Å². The highest BCUT2D eigenvalue weighted by Crippen LogP contribution is 1.91. The molecule has 2 amide bonds. The first-order valence-electron chi connectivity index (χ1n) is 4.95. The molecule has 0 aromatic rings. The lowest BCUT2D eigenvalue weighted by Gasteiger charge is -2.15. The quantitative estimate of drug-likeness (QED) is 0.462. The lowest BCUT2D eigenvalue weighted by molar-refractivity contribution is 0.239. The Balaban J connectivity index is 3.74. The Morgan fingerprint density at radius 2 is 2.14 bits per heavy atom. The number of amides is 2.